The first-order valence-corrected chi connectivity index (χ1v) is 8.35. The van der Waals surface area contributed by atoms with Crippen LogP contribution in [-0.2, 0) is 11.4 Å². The zero-order chi connectivity index (χ0) is 17.4. The molecule has 0 heterocycles. The van der Waals surface area contributed by atoms with Crippen LogP contribution in [0, 0.1) is 5.92 Å². The summed E-state index contributed by atoms with van der Waals surface area (Å²) in [5, 5.41) is 9.44. The maximum Gasteiger partial charge on any atom is 0.336 e. The van der Waals surface area contributed by atoms with Crippen molar-refractivity contribution < 1.29 is 14.7 Å². The molecule has 0 aliphatic heterocycles. The van der Waals surface area contributed by atoms with Crippen LogP contribution < -0.4 is 5.48 Å². The smallest absolute Gasteiger partial charge is 0.336 e. The minimum Gasteiger partial charge on any atom is -0.478 e. The number of hydroxylamine groups is 1. The molecule has 2 aromatic rings. The molecule has 2 N–H and O–H groups in total. The maximum absolute atomic E-state index is 11.5. The summed E-state index contributed by atoms with van der Waals surface area (Å²) in [6, 6.07) is 16.8. The molecule has 2 atom stereocenters. The van der Waals surface area contributed by atoms with E-state index in [1.807, 2.05) is 42.5 Å². The first kappa shape index (κ1) is 18.2. The van der Waals surface area contributed by atoms with Gasteiger partial charge in [-0.3, -0.25) is 4.84 Å². The number of hydrogen-bond donors (Lipinski definition) is 2. The van der Waals surface area contributed by atoms with Gasteiger partial charge in [0.25, 0.3) is 0 Å². The van der Waals surface area contributed by atoms with Gasteiger partial charge in [0.15, 0.2) is 0 Å². The van der Waals surface area contributed by atoms with E-state index >= 15 is 0 Å². The minimum absolute atomic E-state index is 0.157. The van der Waals surface area contributed by atoms with E-state index in [4.69, 9.17) is 4.84 Å². The summed E-state index contributed by atoms with van der Waals surface area (Å²) in [7, 11) is 0. The van der Waals surface area contributed by atoms with E-state index in [0.717, 1.165) is 24.0 Å². The zero-order valence-corrected chi connectivity index (χ0v) is 14.2. The summed E-state index contributed by atoms with van der Waals surface area (Å²) < 4.78 is 0. The zero-order valence-electron chi connectivity index (χ0n) is 14.2. The lowest BCUT2D eigenvalue weighted by Gasteiger charge is -2.23. The quantitative estimate of drug-likeness (QED) is 0.662. The molecule has 0 aliphatic rings. The van der Waals surface area contributed by atoms with E-state index in [-0.39, 0.29) is 6.04 Å². The van der Waals surface area contributed by atoms with Crippen LogP contribution >= 0.6 is 0 Å². The summed E-state index contributed by atoms with van der Waals surface area (Å²) in [5.41, 5.74) is 5.23. The lowest BCUT2D eigenvalue weighted by atomic mass is 9.92. The van der Waals surface area contributed by atoms with E-state index in [1.165, 1.54) is 0 Å². The van der Waals surface area contributed by atoms with Gasteiger partial charge in [0.05, 0.1) is 18.2 Å². The Bertz CT molecular complexity index is 642. The second-order valence-electron chi connectivity index (χ2n) is 6.09. The third-order valence-electron chi connectivity index (χ3n) is 4.21. The van der Waals surface area contributed by atoms with Crippen LogP contribution in [0.2, 0.25) is 0 Å². The standard InChI is InChI=1S/C20H25NO3/c1-3-15(2)13-19(17-11-7-8-12-18(17)20(22)23)21-24-14-16-9-5-4-6-10-16/h4-12,15,19,21H,3,13-14H2,1-2H3,(H,22,23). The van der Waals surface area contributed by atoms with Gasteiger partial charge in [-0.2, -0.15) is 5.48 Å². The first-order valence-electron chi connectivity index (χ1n) is 8.35. The number of rotatable bonds is 9. The summed E-state index contributed by atoms with van der Waals surface area (Å²) in [4.78, 5) is 17.2. The number of carboxylic acids is 1. The number of nitrogens with one attached hydrogen (secondary N) is 1. The monoisotopic (exact) mass is 327 g/mol. The second-order valence-corrected chi connectivity index (χ2v) is 6.09. The van der Waals surface area contributed by atoms with Gasteiger partial charge in [0, 0.05) is 0 Å². The lowest BCUT2D eigenvalue weighted by molar-refractivity contribution is -0.00254. The van der Waals surface area contributed by atoms with E-state index in [1.54, 1.807) is 12.1 Å². The molecule has 0 spiro atoms. The largest absolute Gasteiger partial charge is 0.478 e. The van der Waals surface area contributed by atoms with Crippen LogP contribution in [0.3, 0.4) is 0 Å². The first-order chi connectivity index (χ1) is 11.6. The molecule has 0 bridgehead atoms. The fraction of sp³-hybridized carbons (Fsp3) is 0.350. The second kappa shape index (κ2) is 9.21. The fourth-order valence-corrected chi connectivity index (χ4v) is 2.60. The highest BCUT2D eigenvalue weighted by atomic mass is 16.6. The number of benzene rings is 2. The van der Waals surface area contributed by atoms with E-state index in [0.29, 0.717) is 18.1 Å². The fourth-order valence-electron chi connectivity index (χ4n) is 2.60. The normalized spacial score (nSPS) is 13.4. The van der Waals surface area contributed by atoms with Crippen molar-refractivity contribution in [1.29, 1.82) is 0 Å². The molecule has 0 aromatic heterocycles. The van der Waals surface area contributed by atoms with E-state index in [9.17, 15) is 9.90 Å². The van der Waals surface area contributed by atoms with Gasteiger partial charge in [-0.1, -0.05) is 68.8 Å². The Morgan fingerprint density at radius 1 is 1.12 bits per heavy atom. The van der Waals surface area contributed by atoms with Crippen LogP contribution in [0.4, 0.5) is 0 Å². The van der Waals surface area contributed by atoms with Crippen molar-refractivity contribution in [3.63, 3.8) is 0 Å². The number of hydrogen-bond acceptors (Lipinski definition) is 3. The van der Waals surface area contributed by atoms with Crippen LogP contribution in [0.5, 0.6) is 0 Å². The average Bonchev–Trinajstić information content (AvgIpc) is 2.61. The number of carboxylic acid groups (broad SMARTS) is 1. The average molecular weight is 327 g/mol. The summed E-state index contributed by atoms with van der Waals surface area (Å²) >= 11 is 0. The minimum atomic E-state index is -0.912. The molecule has 2 rings (SSSR count). The van der Waals surface area contributed by atoms with Crippen molar-refractivity contribution in [3.8, 4) is 0 Å². The molecule has 0 amide bonds. The Morgan fingerprint density at radius 2 is 1.79 bits per heavy atom. The molecule has 0 saturated carbocycles. The predicted molar refractivity (Wildman–Crippen MR) is 94.6 cm³/mol. The van der Waals surface area contributed by atoms with Crippen molar-refractivity contribution >= 4 is 5.97 Å². The Balaban J connectivity index is 2.11. The van der Waals surface area contributed by atoms with Gasteiger partial charge >= 0.3 is 5.97 Å². The third kappa shape index (κ3) is 5.18. The van der Waals surface area contributed by atoms with Gasteiger partial charge in [-0.15, -0.1) is 0 Å². The van der Waals surface area contributed by atoms with Gasteiger partial charge in [-0.25, -0.2) is 4.79 Å². The molecule has 2 unspecified atom stereocenters. The SMILES string of the molecule is CCC(C)CC(NOCc1ccccc1)c1ccccc1C(=O)O. The molecule has 0 saturated heterocycles. The lowest BCUT2D eigenvalue weighted by Crippen LogP contribution is -2.25. The van der Waals surface area contributed by atoms with Crippen molar-refractivity contribution in [3.05, 3.63) is 71.3 Å². The Hall–Kier alpha value is -2.17. The molecule has 4 nitrogen and oxygen atoms in total. The molecule has 0 fully saturated rings. The molecule has 4 heteroatoms. The van der Waals surface area contributed by atoms with Crippen molar-refractivity contribution in [2.75, 3.05) is 0 Å². The summed E-state index contributed by atoms with van der Waals surface area (Å²) in [6.45, 7) is 4.73. The Morgan fingerprint density at radius 3 is 2.46 bits per heavy atom. The Kier molecular flexibility index (Phi) is 6.97. The van der Waals surface area contributed by atoms with E-state index < -0.39 is 5.97 Å². The van der Waals surface area contributed by atoms with Crippen LogP contribution in [0.15, 0.2) is 54.6 Å². The highest BCUT2D eigenvalue weighted by Crippen LogP contribution is 2.26. The van der Waals surface area contributed by atoms with Gasteiger partial charge in [-0.05, 0) is 29.5 Å². The van der Waals surface area contributed by atoms with Crippen LogP contribution in [0.25, 0.3) is 0 Å². The maximum atomic E-state index is 11.5. The molecule has 128 valence electrons. The molecule has 24 heavy (non-hydrogen) atoms. The number of aromatic carboxylic acids is 1. The van der Waals surface area contributed by atoms with Crippen molar-refractivity contribution in [2.45, 2.75) is 39.3 Å². The predicted octanol–water partition coefficient (Wildman–Crippen LogP) is 4.58. The third-order valence-corrected chi connectivity index (χ3v) is 4.21. The van der Waals surface area contributed by atoms with Gasteiger partial charge < -0.3 is 5.11 Å². The molecule has 0 aliphatic carbocycles. The van der Waals surface area contributed by atoms with E-state index in [2.05, 4.69) is 19.3 Å². The highest BCUT2D eigenvalue weighted by Gasteiger charge is 2.20. The Labute approximate surface area is 143 Å². The summed E-state index contributed by atoms with van der Waals surface area (Å²) in [6.07, 6.45) is 1.85. The van der Waals surface area contributed by atoms with Crippen molar-refractivity contribution in [2.24, 2.45) is 5.92 Å². The highest BCUT2D eigenvalue weighted by molar-refractivity contribution is 5.89. The van der Waals surface area contributed by atoms with Gasteiger partial charge in [0.2, 0.25) is 0 Å². The van der Waals surface area contributed by atoms with Crippen molar-refractivity contribution in [1.82, 2.24) is 5.48 Å². The van der Waals surface area contributed by atoms with Crippen LogP contribution in [0.1, 0.15) is 54.2 Å². The van der Waals surface area contributed by atoms with Gasteiger partial charge in [0.1, 0.15) is 0 Å². The number of carbonyl (C=O) groups is 1. The molecular weight excluding hydrogens is 302 g/mol. The van der Waals surface area contributed by atoms with Crippen LogP contribution in [-0.4, -0.2) is 11.1 Å². The molecule has 2 aromatic carbocycles. The molecular formula is C20H25NO3. The summed E-state index contributed by atoms with van der Waals surface area (Å²) in [5.74, 6) is -0.450. The molecule has 0 radical (unpaired) electrons. The topological polar surface area (TPSA) is 58.6 Å².